The number of nitrogens with one attached hydrogen (secondary N) is 1. The van der Waals surface area contributed by atoms with Crippen LogP contribution in [0.5, 0.6) is 0 Å². The maximum Gasteiger partial charge on any atom is 0.272 e. The molecule has 2 heterocycles. The molecule has 2 aliphatic rings. The molecule has 5 heteroatoms. The molecule has 0 aliphatic carbocycles. The smallest absolute Gasteiger partial charge is 0.272 e. The second-order valence-corrected chi connectivity index (χ2v) is 2.62. The average Bonchev–Trinajstić information content (AvgIpc) is 2.45. The lowest BCUT2D eigenvalue weighted by Crippen LogP contribution is -2.38. The van der Waals surface area contributed by atoms with E-state index in [0.717, 1.165) is 0 Å². The number of carbonyl (C=O) groups excluding carboxylic acids is 1. The van der Waals surface area contributed by atoms with Crippen LogP contribution < -0.4 is 5.32 Å². The van der Waals surface area contributed by atoms with Crippen LogP contribution in [0.1, 0.15) is 0 Å². The van der Waals surface area contributed by atoms with E-state index in [1.54, 1.807) is 0 Å². The van der Waals surface area contributed by atoms with E-state index in [-0.39, 0.29) is 11.9 Å². The second-order valence-electron chi connectivity index (χ2n) is 2.18. The van der Waals surface area contributed by atoms with Gasteiger partial charge in [0.1, 0.15) is 18.1 Å². The molecule has 0 saturated heterocycles. The van der Waals surface area contributed by atoms with Gasteiger partial charge in [-0.3, -0.25) is 9.79 Å². The Morgan fingerprint density at radius 2 is 2.45 bits per heavy atom. The number of halogens is 1. The van der Waals surface area contributed by atoms with Crippen molar-refractivity contribution in [3.63, 3.8) is 0 Å². The van der Waals surface area contributed by atoms with Gasteiger partial charge in [-0.1, -0.05) is 11.6 Å². The lowest BCUT2D eigenvalue weighted by molar-refractivity contribution is -0.114. The van der Waals surface area contributed by atoms with Crippen LogP contribution in [-0.2, 0) is 4.79 Å². The summed E-state index contributed by atoms with van der Waals surface area (Å²) in [6.07, 6.45) is 2.79. The number of amides is 1. The fourth-order valence-electron chi connectivity index (χ4n) is 0.975. The highest BCUT2D eigenvalue weighted by atomic mass is 35.5. The monoisotopic (exact) mass is 169 g/mol. The Balaban J connectivity index is 2.44. The summed E-state index contributed by atoms with van der Waals surface area (Å²) >= 11 is 5.73. The zero-order chi connectivity index (χ0) is 7.84. The van der Waals surface area contributed by atoms with E-state index < -0.39 is 0 Å². The summed E-state index contributed by atoms with van der Waals surface area (Å²) in [5.74, 6) is -0.225. The van der Waals surface area contributed by atoms with Crippen molar-refractivity contribution in [2.75, 3.05) is 0 Å². The summed E-state index contributed by atoms with van der Waals surface area (Å²) in [7, 11) is 0. The Bertz CT molecular complexity index is 305. The van der Waals surface area contributed by atoms with Crippen molar-refractivity contribution in [3.8, 4) is 0 Å². The van der Waals surface area contributed by atoms with Crippen molar-refractivity contribution in [3.05, 3.63) is 11.2 Å². The molecule has 1 atom stereocenters. The molecule has 0 saturated carbocycles. The van der Waals surface area contributed by atoms with Crippen molar-refractivity contribution >= 4 is 29.6 Å². The number of carbonyl (C=O) groups is 1. The number of rotatable bonds is 0. The highest BCUT2D eigenvalue weighted by Crippen LogP contribution is 2.18. The normalized spacial score (nSPS) is 27.4. The molecule has 0 radical (unpaired) electrons. The summed E-state index contributed by atoms with van der Waals surface area (Å²) < 4.78 is 0. The first-order chi connectivity index (χ1) is 5.29. The molecular formula is C6H4ClN3O. The summed E-state index contributed by atoms with van der Waals surface area (Å²) in [6, 6.07) is -0.356. The predicted octanol–water partition coefficient (Wildman–Crippen LogP) is 0.0479. The number of aliphatic imine (C=N–C) groups is 2. The molecule has 1 unspecified atom stereocenters. The van der Waals surface area contributed by atoms with Crippen molar-refractivity contribution in [2.24, 2.45) is 9.98 Å². The third-order valence-corrected chi connectivity index (χ3v) is 1.82. The van der Waals surface area contributed by atoms with E-state index in [9.17, 15) is 4.79 Å². The quantitative estimate of drug-likeness (QED) is 0.547. The number of hydrogen-bond donors (Lipinski definition) is 1. The van der Waals surface area contributed by atoms with Crippen LogP contribution in [0.25, 0.3) is 0 Å². The minimum absolute atomic E-state index is 0.225. The molecule has 0 aromatic carbocycles. The van der Waals surface area contributed by atoms with Crippen LogP contribution in [0, 0.1) is 0 Å². The summed E-state index contributed by atoms with van der Waals surface area (Å²) in [5, 5.41) is 2.96. The molecule has 0 aromatic rings. The van der Waals surface area contributed by atoms with Gasteiger partial charge in [0.05, 0.1) is 5.03 Å². The fraction of sp³-hybridized carbons (Fsp3) is 0.167. The first kappa shape index (κ1) is 6.54. The van der Waals surface area contributed by atoms with Gasteiger partial charge in [-0.25, -0.2) is 4.99 Å². The van der Waals surface area contributed by atoms with Gasteiger partial charge in [-0.15, -0.1) is 0 Å². The molecule has 56 valence electrons. The van der Waals surface area contributed by atoms with Gasteiger partial charge in [-0.2, -0.15) is 0 Å². The van der Waals surface area contributed by atoms with Gasteiger partial charge >= 0.3 is 0 Å². The van der Waals surface area contributed by atoms with Crippen LogP contribution >= 0.6 is 11.6 Å². The molecule has 2 aliphatic heterocycles. The fourth-order valence-corrected chi connectivity index (χ4v) is 1.19. The zero-order valence-electron chi connectivity index (χ0n) is 5.41. The van der Waals surface area contributed by atoms with E-state index in [4.69, 9.17) is 11.6 Å². The molecule has 1 amide bonds. The van der Waals surface area contributed by atoms with E-state index in [1.165, 1.54) is 12.5 Å². The van der Waals surface area contributed by atoms with Gasteiger partial charge < -0.3 is 5.32 Å². The molecule has 1 N–H and O–H groups in total. The van der Waals surface area contributed by atoms with Gasteiger partial charge in [0.15, 0.2) is 0 Å². The Morgan fingerprint density at radius 1 is 1.64 bits per heavy atom. The van der Waals surface area contributed by atoms with Crippen LogP contribution in [0.2, 0.25) is 0 Å². The molecule has 0 fully saturated rings. The van der Waals surface area contributed by atoms with Crippen molar-refractivity contribution in [1.82, 2.24) is 5.32 Å². The van der Waals surface area contributed by atoms with Gasteiger partial charge in [0.2, 0.25) is 0 Å². The highest BCUT2D eigenvalue weighted by molar-refractivity contribution is 6.48. The zero-order valence-corrected chi connectivity index (χ0v) is 6.17. The van der Waals surface area contributed by atoms with E-state index in [2.05, 4.69) is 15.3 Å². The largest absolute Gasteiger partial charge is 0.326 e. The summed E-state index contributed by atoms with van der Waals surface area (Å²) in [5.41, 5.74) is 0.373. The third-order valence-electron chi connectivity index (χ3n) is 1.51. The van der Waals surface area contributed by atoms with E-state index in [0.29, 0.717) is 10.7 Å². The number of hydrogen-bond acceptors (Lipinski definition) is 3. The maximum absolute atomic E-state index is 11.0. The SMILES string of the molecule is O=C1NC=C(Cl)C2N=CN=C12. The van der Waals surface area contributed by atoms with Gasteiger partial charge in [0.25, 0.3) is 5.91 Å². The number of nitrogens with zero attached hydrogens (tertiary/aromatic N) is 2. The topological polar surface area (TPSA) is 53.8 Å². The Labute approximate surface area is 67.7 Å². The molecule has 0 bridgehead atoms. The second kappa shape index (κ2) is 2.17. The average molecular weight is 170 g/mol. The van der Waals surface area contributed by atoms with Crippen LogP contribution in [-0.4, -0.2) is 24.0 Å². The maximum atomic E-state index is 11.0. The predicted molar refractivity (Wildman–Crippen MR) is 41.8 cm³/mol. The Morgan fingerprint density at radius 3 is 3.18 bits per heavy atom. The lowest BCUT2D eigenvalue weighted by atomic mass is 10.1. The van der Waals surface area contributed by atoms with Crippen LogP contribution in [0.4, 0.5) is 0 Å². The van der Waals surface area contributed by atoms with E-state index in [1.807, 2.05) is 0 Å². The van der Waals surface area contributed by atoms with Crippen molar-refractivity contribution in [1.29, 1.82) is 0 Å². The van der Waals surface area contributed by atoms with Gasteiger partial charge in [0, 0.05) is 6.20 Å². The third kappa shape index (κ3) is 0.867. The molecular weight excluding hydrogens is 166 g/mol. The Hall–Kier alpha value is -1.16. The Kier molecular flexibility index (Phi) is 1.29. The summed E-state index contributed by atoms with van der Waals surface area (Å²) in [4.78, 5) is 18.7. The van der Waals surface area contributed by atoms with E-state index >= 15 is 0 Å². The molecule has 0 spiro atoms. The standard InChI is InChI=1S/C6H4ClN3O/c7-3-1-8-6(11)5-4(3)9-2-10-5/h1-2,4H,(H,8,11). The minimum atomic E-state index is -0.356. The summed E-state index contributed by atoms with van der Waals surface area (Å²) in [6.45, 7) is 0. The van der Waals surface area contributed by atoms with Crippen molar-refractivity contribution in [2.45, 2.75) is 6.04 Å². The molecule has 0 aromatic heterocycles. The highest BCUT2D eigenvalue weighted by Gasteiger charge is 2.30. The number of fused-ring (bicyclic) bond motifs is 1. The van der Waals surface area contributed by atoms with Gasteiger partial charge in [-0.05, 0) is 0 Å². The van der Waals surface area contributed by atoms with Crippen LogP contribution in [0.3, 0.4) is 0 Å². The minimum Gasteiger partial charge on any atom is -0.326 e. The van der Waals surface area contributed by atoms with Crippen molar-refractivity contribution < 1.29 is 4.79 Å². The molecule has 4 nitrogen and oxygen atoms in total. The molecule has 11 heavy (non-hydrogen) atoms. The first-order valence-corrected chi connectivity index (χ1v) is 3.42. The molecule has 2 rings (SSSR count). The lowest BCUT2D eigenvalue weighted by Gasteiger charge is -2.13. The first-order valence-electron chi connectivity index (χ1n) is 3.05. The van der Waals surface area contributed by atoms with Crippen LogP contribution in [0.15, 0.2) is 21.2 Å².